The average molecular weight is 1060 g/mol. The van der Waals surface area contributed by atoms with Crippen LogP contribution in [0.25, 0.3) is 0 Å². The summed E-state index contributed by atoms with van der Waals surface area (Å²) in [6.07, 6.45) is 76.7. The number of ether oxygens (including phenoxy) is 3. The molecule has 1 unspecified atom stereocenters. The molecule has 0 aliphatic carbocycles. The molecule has 0 aromatic rings. The van der Waals surface area contributed by atoms with Crippen molar-refractivity contribution in [2.45, 2.75) is 399 Å². The zero-order chi connectivity index (χ0) is 54.3. The van der Waals surface area contributed by atoms with Gasteiger partial charge in [0.25, 0.3) is 0 Å². The van der Waals surface area contributed by atoms with E-state index < -0.39 is 6.10 Å². The third-order valence-electron chi connectivity index (χ3n) is 15.8. The summed E-state index contributed by atoms with van der Waals surface area (Å²) in [5.74, 6) is -0.833. The quantitative estimate of drug-likeness (QED) is 0.0261. The highest BCUT2D eigenvalue weighted by atomic mass is 16.6. The summed E-state index contributed by atoms with van der Waals surface area (Å²) in [7, 11) is 0. The van der Waals surface area contributed by atoms with Gasteiger partial charge in [-0.1, -0.05) is 341 Å². The first kappa shape index (κ1) is 73.2. The van der Waals surface area contributed by atoms with Crippen molar-refractivity contribution >= 4 is 17.9 Å². The Morgan fingerprint density at radius 3 is 0.667 bits per heavy atom. The molecule has 444 valence electrons. The van der Waals surface area contributed by atoms with Crippen LogP contribution in [0.4, 0.5) is 0 Å². The standard InChI is InChI=1S/C69H132O6/c1-4-7-10-13-16-19-22-24-26-28-30-32-34-35-36-38-39-41-43-45-47-50-53-56-59-62-68(71)74-65-66(64-73-67(70)61-58-55-52-49-21-18-15-12-9-6-3)75-69(72)63-60-57-54-51-48-46-44-42-40-37-33-31-29-27-25-23-20-17-14-11-8-5-2/h28,30,66H,4-27,29,31-65H2,1-3H3/b30-28-. The van der Waals surface area contributed by atoms with Crippen LogP contribution in [0.15, 0.2) is 12.2 Å². The predicted octanol–water partition coefficient (Wildman–Crippen LogP) is 23.2. The Balaban J connectivity index is 4.14. The lowest BCUT2D eigenvalue weighted by Gasteiger charge is -2.18. The maximum Gasteiger partial charge on any atom is 0.306 e. The number of rotatable bonds is 64. The molecule has 0 rings (SSSR count). The van der Waals surface area contributed by atoms with Crippen molar-refractivity contribution in [1.82, 2.24) is 0 Å². The van der Waals surface area contributed by atoms with Gasteiger partial charge in [0, 0.05) is 19.3 Å². The summed E-state index contributed by atoms with van der Waals surface area (Å²) >= 11 is 0. The summed E-state index contributed by atoms with van der Waals surface area (Å²) in [5, 5.41) is 0. The van der Waals surface area contributed by atoms with Crippen LogP contribution in [0, 0.1) is 0 Å². The van der Waals surface area contributed by atoms with Crippen LogP contribution < -0.4 is 0 Å². The van der Waals surface area contributed by atoms with Crippen molar-refractivity contribution in [3.63, 3.8) is 0 Å². The Labute approximate surface area is 469 Å². The maximum absolute atomic E-state index is 12.9. The normalized spacial score (nSPS) is 12.0. The van der Waals surface area contributed by atoms with Crippen LogP contribution >= 0.6 is 0 Å². The monoisotopic (exact) mass is 1060 g/mol. The fourth-order valence-electron chi connectivity index (χ4n) is 10.6. The molecule has 0 saturated carbocycles. The molecule has 0 heterocycles. The van der Waals surface area contributed by atoms with Crippen molar-refractivity contribution in [2.75, 3.05) is 13.2 Å². The van der Waals surface area contributed by atoms with Crippen molar-refractivity contribution in [1.29, 1.82) is 0 Å². The second kappa shape index (κ2) is 64.7. The van der Waals surface area contributed by atoms with Crippen molar-refractivity contribution < 1.29 is 28.6 Å². The molecule has 0 spiro atoms. The van der Waals surface area contributed by atoms with E-state index in [2.05, 4.69) is 32.9 Å². The molecule has 0 N–H and O–H groups in total. The molecule has 0 aromatic heterocycles. The minimum absolute atomic E-state index is 0.0632. The van der Waals surface area contributed by atoms with E-state index in [0.29, 0.717) is 19.3 Å². The summed E-state index contributed by atoms with van der Waals surface area (Å²) < 4.78 is 16.9. The molecule has 0 saturated heterocycles. The van der Waals surface area contributed by atoms with Crippen LogP contribution in [-0.4, -0.2) is 37.2 Å². The zero-order valence-electron chi connectivity index (χ0n) is 51.1. The third kappa shape index (κ3) is 62.9. The number of carbonyl (C=O) groups excluding carboxylic acids is 3. The van der Waals surface area contributed by atoms with Crippen molar-refractivity contribution in [2.24, 2.45) is 0 Å². The van der Waals surface area contributed by atoms with Gasteiger partial charge in [-0.2, -0.15) is 0 Å². The van der Waals surface area contributed by atoms with Gasteiger partial charge >= 0.3 is 17.9 Å². The largest absolute Gasteiger partial charge is 0.462 e. The Hall–Kier alpha value is -1.85. The van der Waals surface area contributed by atoms with Crippen LogP contribution in [-0.2, 0) is 28.6 Å². The topological polar surface area (TPSA) is 78.9 Å². The lowest BCUT2D eigenvalue weighted by molar-refractivity contribution is -0.167. The molecule has 6 nitrogen and oxygen atoms in total. The third-order valence-corrected chi connectivity index (χ3v) is 15.8. The van der Waals surface area contributed by atoms with E-state index in [-0.39, 0.29) is 31.1 Å². The average Bonchev–Trinajstić information content (AvgIpc) is 3.41. The molecule has 0 aliphatic rings. The second-order valence-electron chi connectivity index (χ2n) is 23.5. The number of esters is 3. The van der Waals surface area contributed by atoms with Crippen LogP contribution in [0.1, 0.15) is 393 Å². The Morgan fingerprint density at radius 1 is 0.253 bits per heavy atom. The molecule has 0 radical (unpaired) electrons. The van der Waals surface area contributed by atoms with E-state index in [9.17, 15) is 14.4 Å². The lowest BCUT2D eigenvalue weighted by atomic mass is 10.0. The van der Waals surface area contributed by atoms with E-state index in [4.69, 9.17) is 14.2 Å². The predicted molar refractivity (Wildman–Crippen MR) is 326 cm³/mol. The molecule has 1 atom stereocenters. The van der Waals surface area contributed by atoms with E-state index in [1.807, 2.05) is 0 Å². The minimum atomic E-state index is -0.765. The van der Waals surface area contributed by atoms with E-state index >= 15 is 0 Å². The Morgan fingerprint density at radius 2 is 0.440 bits per heavy atom. The van der Waals surface area contributed by atoms with Crippen molar-refractivity contribution in [3.05, 3.63) is 12.2 Å². The second-order valence-corrected chi connectivity index (χ2v) is 23.5. The van der Waals surface area contributed by atoms with Crippen LogP contribution in [0.3, 0.4) is 0 Å². The number of hydrogen-bond acceptors (Lipinski definition) is 6. The molecular weight excluding hydrogens is 925 g/mol. The SMILES string of the molecule is CCCCCCCCCC/C=C\CCCCCCCCCCCCCCCC(=O)OCC(COC(=O)CCCCCCCCCCCC)OC(=O)CCCCCCCCCCCCCCCCCCCCCCCC. The van der Waals surface area contributed by atoms with Gasteiger partial charge in [-0.05, 0) is 44.9 Å². The first-order valence-electron chi connectivity index (χ1n) is 34.2. The van der Waals surface area contributed by atoms with Gasteiger partial charge in [-0.3, -0.25) is 14.4 Å². The maximum atomic E-state index is 12.9. The van der Waals surface area contributed by atoms with Crippen molar-refractivity contribution in [3.8, 4) is 0 Å². The number of hydrogen-bond donors (Lipinski definition) is 0. The van der Waals surface area contributed by atoms with Crippen LogP contribution in [0.5, 0.6) is 0 Å². The fraction of sp³-hybridized carbons (Fsp3) is 0.928. The summed E-state index contributed by atoms with van der Waals surface area (Å²) in [6.45, 7) is 6.71. The first-order valence-corrected chi connectivity index (χ1v) is 34.2. The Kier molecular flexibility index (Phi) is 63.1. The van der Waals surface area contributed by atoms with Gasteiger partial charge in [0.05, 0.1) is 0 Å². The van der Waals surface area contributed by atoms with Gasteiger partial charge in [-0.25, -0.2) is 0 Å². The molecule has 75 heavy (non-hydrogen) atoms. The van der Waals surface area contributed by atoms with Gasteiger partial charge in [0.1, 0.15) is 13.2 Å². The Bertz CT molecular complexity index is 1170. The van der Waals surface area contributed by atoms with E-state index in [0.717, 1.165) is 57.8 Å². The smallest absolute Gasteiger partial charge is 0.306 e. The molecule has 0 amide bonds. The molecule has 6 heteroatoms. The highest BCUT2D eigenvalue weighted by Gasteiger charge is 2.19. The molecule has 0 aliphatic heterocycles. The molecular formula is C69H132O6. The zero-order valence-corrected chi connectivity index (χ0v) is 51.1. The first-order chi connectivity index (χ1) is 37.0. The van der Waals surface area contributed by atoms with Gasteiger partial charge in [-0.15, -0.1) is 0 Å². The van der Waals surface area contributed by atoms with E-state index in [1.165, 1.54) is 295 Å². The number of allylic oxidation sites excluding steroid dienone is 2. The summed E-state index contributed by atoms with van der Waals surface area (Å²) in [5.41, 5.74) is 0. The number of carbonyl (C=O) groups is 3. The van der Waals surface area contributed by atoms with Crippen LogP contribution in [0.2, 0.25) is 0 Å². The molecule has 0 aromatic carbocycles. The highest BCUT2D eigenvalue weighted by Crippen LogP contribution is 2.19. The number of unbranched alkanes of at least 4 members (excludes halogenated alkanes) is 51. The summed E-state index contributed by atoms with van der Waals surface area (Å²) in [6, 6.07) is 0. The molecule has 0 fully saturated rings. The van der Waals surface area contributed by atoms with Gasteiger partial charge in [0.15, 0.2) is 6.10 Å². The van der Waals surface area contributed by atoms with Gasteiger partial charge < -0.3 is 14.2 Å². The van der Waals surface area contributed by atoms with E-state index in [1.54, 1.807) is 0 Å². The van der Waals surface area contributed by atoms with Gasteiger partial charge in [0.2, 0.25) is 0 Å². The molecule has 0 bridgehead atoms. The lowest BCUT2D eigenvalue weighted by Crippen LogP contribution is -2.30. The minimum Gasteiger partial charge on any atom is -0.462 e. The fourth-order valence-corrected chi connectivity index (χ4v) is 10.6. The summed E-state index contributed by atoms with van der Waals surface area (Å²) in [4.78, 5) is 38.3. The highest BCUT2D eigenvalue weighted by molar-refractivity contribution is 5.71.